The molecule has 25 heavy (non-hydrogen) atoms. The molecule has 1 aliphatic rings. The van der Waals surface area contributed by atoms with Crippen LogP contribution in [0.15, 0.2) is 47.4 Å². The maximum Gasteiger partial charge on any atom is 0.264 e. The number of carbonyl (C=O) groups excluding carboxylic acids is 1. The van der Waals surface area contributed by atoms with Gasteiger partial charge in [-0.2, -0.15) is 0 Å². The molecule has 0 atom stereocenters. The Morgan fingerprint density at radius 1 is 1.28 bits per heavy atom. The third-order valence-electron chi connectivity index (χ3n) is 3.92. The summed E-state index contributed by atoms with van der Waals surface area (Å²) in [4.78, 5) is 13.2. The standard InChI is InChI=1S/C17H17FN2O4S/c1-24-11-17(21)20-9-8-12-10-13(6-7-15(12)20)19-25(22,23)16-5-3-2-4-14(16)18/h2-7,10,19H,8-9,11H2,1H3. The first-order chi connectivity index (χ1) is 11.9. The lowest BCUT2D eigenvalue weighted by Gasteiger charge is -2.17. The summed E-state index contributed by atoms with van der Waals surface area (Å²) in [5.41, 5.74) is 1.90. The number of carbonyl (C=O) groups is 1. The number of sulfonamides is 1. The van der Waals surface area contributed by atoms with Gasteiger partial charge in [0.05, 0.1) is 0 Å². The number of nitrogens with one attached hydrogen (secondary N) is 1. The zero-order chi connectivity index (χ0) is 18.0. The SMILES string of the molecule is COCC(=O)N1CCc2cc(NS(=O)(=O)c3ccccc3F)ccc21. The minimum Gasteiger partial charge on any atom is -0.375 e. The molecule has 0 fully saturated rings. The second kappa shape index (κ2) is 6.81. The van der Waals surface area contributed by atoms with Crippen LogP contribution in [-0.4, -0.2) is 34.6 Å². The molecule has 0 aromatic heterocycles. The first-order valence-corrected chi connectivity index (χ1v) is 9.10. The van der Waals surface area contributed by atoms with Crippen molar-refractivity contribution in [3.63, 3.8) is 0 Å². The first kappa shape index (κ1) is 17.4. The molecule has 0 saturated carbocycles. The molecule has 2 aromatic rings. The number of benzene rings is 2. The fourth-order valence-electron chi connectivity index (χ4n) is 2.80. The van der Waals surface area contributed by atoms with Gasteiger partial charge in [0.25, 0.3) is 15.9 Å². The van der Waals surface area contributed by atoms with E-state index in [1.807, 2.05) is 0 Å². The van der Waals surface area contributed by atoms with Crippen LogP contribution in [0.3, 0.4) is 0 Å². The van der Waals surface area contributed by atoms with Crippen LogP contribution in [-0.2, 0) is 26.0 Å². The van der Waals surface area contributed by atoms with Crippen molar-refractivity contribution < 1.29 is 22.3 Å². The molecule has 1 aliphatic heterocycles. The fraction of sp³-hybridized carbons (Fsp3) is 0.235. The Kier molecular flexibility index (Phi) is 4.73. The average Bonchev–Trinajstić information content (AvgIpc) is 2.98. The number of rotatable bonds is 5. The molecule has 3 rings (SSSR count). The zero-order valence-electron chi connectivity index (χ0n) is 13.5. The molecule has 0 radical (unpaired) electrons. The summed E-state index contributed by atoms with van der Waals surface area (Å²) in [6.45, 7) is 0.502. The largest absolute Gasteiger partial charge is 0.375 e. The second-order valence-electron chi connectivity index (χ2n) is 5.61. The predicted octanol–water partition coefficient (Wildman–Crippen LogP) is 2.16. The number of nitrogens with zero attached hydrogens (tertiary/aromatic N) is 1. The van der Waals surface area contributed by atoms with Crippen molar-refractivity contribution in [2.45, 2.75) is 11.3 Å². The van der Waals surface area contributed by atoms with E-state index in [9.17, 15) is 17.6 Å². The maximum absolute atomic E-state index is 13.7. The Bertz CT molecular complexity index is 915. The van der Waals surface area contributed by atoms with E-state index in [2.05, 4.69) is 4.72 Å². The van der Waals surface area contributed by atoms with E-state index < -0.39 is 20.7 Å². The van der Waals surface area contributed by atoms with Gasteiger partial charge in [-0.1, -0.05) is 12.1 Å². The number of hydrogen-bond donors (Lipinski definition) is 1. The molecule has 1 amide bonds. The minimum atomic E-state index is -4.03. The van der Waals surface area contributed by atoms with Crippen LogP contribution in [0.1, 0.15) is 5.56 Å². The van der Waals surface area contributed by atoms with Gasteiger partial charge in [-0.05, 0) is 42.3 Å². The molecule has 8 heteroatoms. The highest BCUT2D eigenvalue weighted by atomic mass is 32.2. The Labute approximate surface area is 145 Å². The van der Waals surface area contributed by atoms with Crippen molar-refractivity contribution in [1.82, 2.24) is 0 Å². The van der Waals surface area contributed by atoms with Gasteiger partial charge in [0, 0.05) is 25.0 Å². The molecular weight excluding hydrogens is 347 g/mol. The summed E-state index contributed by atoms with van der Waals surface area (Å²) in [7, 11) is -2.57. The number of hydrogen-bond acceptors (Lipinski definition) is 4. The van der Waals surface area contributed by atoms with Gasteiger partial charge < -0.3 is 9.64 Å². The third kappa shape index (κ3) is 3.49. The van der Waals surface area contributed by atoms with Gasteiger partial charge in [0.2, 0.25) is 0 Å². The Morgan fingerprint density at radius 3 is 2.76 bits per heavy atom. The number of methoxy groups -OCH3 is 1. The molecule has 0 spiro atoms. The summed E-state index contributed by atoms with van der Waals surface area (Å²) in [6.07, 6.45) is 0.611. The third-order valence-corrected chi connectivity index (χ3v) is 5.34. The van der Waals surface area contributed by atoms with Crippen molar-refractivity contribution in [3.8, 4) is 0 Å². The highest BCUT2D eigenvalue weighted by Crippen LogP contribution is 2.31. The average molecular weight is 364 g/mol. The first-order valence-electron chi connectivity index (χ1n) is 7.62. The molecular formula is C17H17FN2O4S. The monoisotopic (exact) mass is 364 g/mol. The normalized spacial score (nSPS) is 13.6. The van der Waals surface area contributed by atoms with Crippen molar-refractivity contribution in [2.75, 3.05) is 29.9 Å². The van der Waals surface area contributed by atoms with Crippen LogP contribution in [0, 0.1) is 5.82 Å². The van der Waals surface area contributed by atoms with Gasteiger partial charge >= 0.3 is 0 Å². The summed E-state index contributed by atoms with van der Waals surface area (Å²) in [6, 6.07) is 10.1. The van der Waals surface area contributed by atoms with Gasteiger partial charge in [-0.15, -0.1) is 0 Å². The van der Waals surface area contributed by atoms with E-state index in [-0.39, 0.29) is 12.5 Å². The highest BCUT2D eigenvalue weighted by Gasteiger charge is 2.25. The zero-order valence-corrected chi connectivity index (χ0v) is 14.3. The lowest BCUT2D eigenvalue weighted by atomic mass is 10.1. The fourth-order valence-corrected chi connectivity index (χ4v) is 3.93. The molecule has 0 bridgehead atoms. The van der Waals surface area contributed by atoms with E-state index in [1.54, 1.807) is 23.1 Å². The van der Waals surface area contributed by atoms with Crippen LogP contribution in [0.25, 0.3) is 0 Å². The summed E-state index contributed by atoms with van der Waals surface area (Å²) < 4.78 is 45.7. The molecule has 6 nitrogen and oxygen atoms in total. The number of halogens is 1. The Hall–Kier alpha value is -2.45. The molecule has 0 aliphatic carbocycles. The van der Waals surface area contributed by atoms with E-state index >= 15 is 0 Å². The van der Waals surface area contributed by atoms with Crippen molar-refractivity contribution in [3.05, 3.63) is 53.8 Å². The van der Waals surface area contributed by atoms with Crippen LogP contribution >= 0.6 is 0 Å². The predicted molar refractivity (Wildman–Crippen MR) is 91.6 cm³/mol. The van der Waals surface area contributed by atoms with Crippen molar-refractivity contribution in [1.29, 1.82) is 0 Å². The lowest BCUT2D eigenvalue weighted by molar-refractivity contribution is -0.122. The molecule has 1 N–H and O–H groups in total. The Morgan fingerprint density at radius 2 is 2.04 bits per heavy atom. The number of ether oxygens (including phenoxy) is 1. The maximum atomic E-state index is 13.7. The van der Waals surface area contributed by atoms with Gasteiger partial charge in [-0.25, -0.2) is 12.8 Å². The minimum absolute atomic E-state index is 0.0128. The smallest absolute Gasteiger partial charge is 0.264 e. The number of amides is 1. The quantitative estimate of drug-likeness (QED) is 0.882. The second-order valence-corrected chi connectivity index (χ2v) is 7.26. The van der Waals surface area contributed by atoms with E-state index in [0.717, 1.165) is 17.3 Å². The van der Waals surface area contributed by atoms with Gasteiger partial charge in [0.15, 0.2) is 0 Å². The summed E-state index contributed by atoms with van der Waals surface area (Å²) in [5.74, 6) is -0.964. The van der Waals surface area contributed by atoms with Gasteiger partial charge in [0.1, 0.15) is 17.3 Å². The molecule has 1 heterocycles. The number of anilines is 2. The topological polar surface area (TPSA) is 75.7 Å². The van der Waals surface area contributed by atoms with Crippen molar-refractivity contribution in [2.24, 2.45) is 0 Å². The molecule has 0 saturated heterocycles. The van der Waals surface area contributed by atoms with E-state index in [0.29, 0.717) is 18.7 Å². The van der Waals surface area contributed by atoms with Gasteiger partial charge in [-0.3, -0.25) is 9.52 Å². The summed E-state index contributed by atoms with van der Waals surface area (Å²) >= 11 is 0. The van der Waals surface area contributed by atoms with Crippen molar-refractivity contribution >= 4 is 27.3 Å². The lowest BCUT2D eigenvalue weighted by Crippen LogP contribution is -2.31. The van der Waals surface area contributed by atoms with E-state index in [4.69, 9.17) is 4.74 Å². The Balaban J connectivity index is 1.84. The van der Waals surface area contributed by atoms with Crippen LogP contribution in [0.5, 0.6) is 0 Å². The van der Waals surface area contributed by atoms with Crippen LogP contribution in [0.4, 0.5) is 15.8 Å². The van der Waals surface area contributed by atoms with Crippen LogP contribution in [0.2, 0.25) is 0 Å². The molecule has 2 aromatic carbocycles. The number of fused-ring (bicyclic) bond motifs is 1. The van der Waals surface area contributed by atoms with Crippen LogP contribution < -0.4 is 9.62 Å². The molecule has 132 valence electrons. The molecule has 0 unspecified atom stereocenters. The van der Waals surface area contributed by atoms with E-state index in [1.165, 1.54) is 25.3 Å². The highest BCUT2D eigenvalue weighted by molar-refractivity contribution is 7.92. The summed E-state index contributed by atoms with van der Waals surface area (Å²) in [5, 5.41) is 0.